The van der Waals surface area contributed by atoms with Crippen LogP contribution >= 0.6 is 0 Å². The van der Waals surface area contributed by atoms with E-state index < -0.39 is 31.7 Å². The number of nitrogens with zero attached hydrogens (tertiary/aromatic N) is 3. The maximum atomic E-state index is 13.5. The van der Waals surface area contributed by atoms with Crippen LogP contribution in [-0.4, -0.2) is 62.1 Å². The van der Waals surface area contributed by atoms with Gasteiger partial charge in [0.2, 0.25) is 0 Å². The molecule has 1 atom stereocenters. The molecule has 1 aliphatic heterocycles. The summed E-state index contributed by atoms with van der Waals surface area (Å²) in [5.41, 5.74) is -0.625. The molecule has 0 N–H and O–H groups in total. The molecule has 0 spiro atoms. The van der Waals surface area contributed by atoms with Crippen LogP contribution in [0.25, 0.3) is 0 Å². The summed E-state index contributed by atoms with van der Waals surface area (Å²) in [5, 5.41) is 3.36. The van der Waals surface area contributed by atoms with Crippen LogP contribution in [0.2, 0.25) is 0 Å². The Hall–Kier alpha value is -1.92. The molecule has 1 aromatic heterocycles. The molecule has 0 aliphatic carbocycles. The van der Waals surface area contributed by atoms with Crippen molar-refractivity contribution >= 4 is 19.9 Å². The minimum absolute atomic E-state index is 0.0396. The highest BCUT2D eigenvalue weighted by Crippen LogP contribution is 2.32. The van der Waals surface area contributed by atoms with Gasteiger partial charge in [-0.05, 0) is 51.9 Å². The second-order valence-corrected chi connectivity index (χ2v) is 11.9. The van der Waals surface area contributed by atoms with Crippen LogP contribution in [0.4, 0.5) is 13.2 Å². The molecule has 12 heteroatoms. The van der Waals surface area contributed by atoms with Gasteiger partial charge in [-0.15, -0.1) is 0 Å². The molecule has 7 nitrogen and oxygen atoms in total. The van der Waals surface area contributed by atoms with Gasteiger partial charge in [-0.2, -0.15) is 30.8 Å². The fraction of sp³-hybridized carbons (Fsp3) is 0.526. The lowest BCUT2D eigenvalue weighted by Crippen LogP contribution is -2.33. The molecule has 1 aromatic carbocycles. The zero-order valence-electron chi connectivity index (χ0n) is 17.1. The van der Waals surface area contributed by atoms with Gasteiger partial charge < -0.3 is 4.90 Å². The number of hydrogen-bond acceptors (Lipinski definition) is 6. The van der Waals surface area contributed by atoms with Crippen molar-refractivity contribution in [2.24, 2.45) is 0 Å². The van der Waals surface area contributed by atoms with Crippen LogP contribution < -0.4 is 0 Å². The van der Waals surface area contributed by atoms with Gasteiger partial charge >= 0.3 is 6.18 Å². The minimum Gasteiger partial charge on any atom is -0.302 e. The standard InChI is InChI=1S/C19H24F3N3O4S2/c1-14-5-7-17(8-6-14)31(28,29)25-12-15(18(23-25)19(20,21)22)4-3-10-24(2)16-9-11-30(26,27)13-16/h5-8,12,16H,3-4,9-11,13H2,1-2H3/t16-/m1/s1. The van der Waals surface area contributed by atoms with Gasteiger partial charge in [0, 0.05) is 17.8 Å². The van der Waals surface area contributed by atoms with Crippen molar-refractivity contribution in [3.05, 3.63) is 47.3 Å². The van der Waals surface area contributed by atoms with Gasteiger partial charge in [-0.1, -0.05) is 17.7 Å². The van der Waals surface area contributed by atoms with Crippen molar-refractivity contribution in [3.8, 4) is 0 Å². The van der Waals surface area contributed by atoms with Gasteiger partial charge in [0.25, 0.3) is 10.0 Å². The van der Waals surface area contributed by atoms with E-state index in [9.17, 15) is 30.0 Å². The molecule has 0 unspecified atom stereocenters. The highest BCUT2D eigenvalue weighted by Gasteiger charge is 2.38. The lowest BCUT2D eigenvalue weighted by molar-refractivity contribution is -0.141. The van der Waals surface area contributed by atoms with E-state index in [0.29, 0.717) is 23.5 Å². The monoisotopic (exact) mass is 479 g/mol. The Labute approximate surface area is 179 Å². The summed E-state index contributed by atoms with van der Waals surface area (Å²) in [6.45, 7) is 2.15. The largest absolute Gasteiger partial charge is 0.435 e. The second kappa shape index (κ2) is 8.55. The Morgan fingerprint density at radius 1 is 1.23 bits per heavy atom. The summed E-state index contributed by atoms with van der Waals surface area (Å²) in [4.78, 5) is 1.67. The number of rotatable bonds is 7. The molecule has 3 rings (SSSR count). The van der Waals surface area contributed by atoms with E-state index in [4.69, 9.17) is 0 Å². The summed E-state index contributed by atoms with van der Waals surface area (Å²) >= 11 is 0. The maximum absolute atomic E-state index is 13.5. The second-order valence-electron chi connectivity index (χ2n) is 7.83. The van der Waals surface area contributed by atoms with Gasteiger partial charge in [0.1, 0.15) is 0 Å². The van der Waals surface area contributed by atoms with Gasteiger partial charge in [0.05, 0.1) is 16.4 Å². The first-order valence-corrected chi connectivity index (χ1v) is 12.9. The minimum atomic E-state index is -4.80. The highest BCUT2D eigenvalue weighted by molar-refractivity contribution is 7.91. The third-order valence-electron chi connectivity index (χ3n) is 5.39. The van der Waals surface area contributed by atoms with Gasteiger partial charge in [-0.3, -0.25) is 0 Å². The molecular weight excluding hydrogens is 455 g/mol. The van der Waals surface area contributed by atoms with E-state index in [2.05, 4.69) is 5.10 Å². The molecule has 1 fully saturated rings. The molecule has 31 heavy (non-hydrogen) atoms. The fourth-order valence-electron chi connectivity index (χ4n) is 3.57. The first-order chi connectivity index (χ1) is 14.3. The van der Waals surface area contributed by atoms with E-state index in [-0.39, 0.29) is 34.4 Å². The van der Waals surface area contributed by atoms with Crippen molar-refractivity contribution in [2.45, 2.75) is 43.3 Å². The third-order valence-corrected chi connectivity index (χ3v) is 8.69. The quantitative estimate of drug-likeness (QED) is 0.606. The first kappa shape index (κ1) is 23.7. The van der Waals surface area contributed by atoms with Crippen LogP contribution in [0.3, 0.4) is 0 Å². The molecule has 1 aliphatic rings. The molecule has 1 saturated heterocycles. The number of alkyl halides is 3. The van der Waals surface area contributed by atoms with Crippen molar-refractivity contribution < 1.29 is 30.0 Å². The molecule has 172 valence electrons. The van der Waals surface area contributed by atoms with Crippen LogP contribution in [0.15, 0.2) is 35.4 Å². The van der Waals surface area contributed by atoms with Gasteiger partial charge in [0.15, 0.2) is 15.5 Å². The molecule has 0 radical (unpaired) electrons. The number of hydrogen-bond donors (Lipinski definition) is 0. The molecule has 0 bridgehead atoms. The Bertz CT molecular complexity index is 1140. The fourth-order valence-corrected chi connectivity index (χ4v) is 6.53. The van der Waals surface area contributed by atoms with Crippen molar-refractivity contribution in [2.75, 3.05) is 25.1 Å². The van der Waals surface area contributed by atoms with E-state index in [0.717, 1.165) is 11.8 Å². The van der Waals surface area contributed by atoms with Crippen molar-refractivity contribution in [1.82, 2.24) is 14.1 Å². The summed E-state index contributed by atoms with van der Waals surface area (Å²) in [6, 6.07) is 5.60. The number of halogens is 3. The summed E-state index contributed by atoms with van der Waals surface area (Å²) in [6.07, 6.45) is -3.12. The van der Waals surface area contributed by atoms with Gasteiger partial charge in [-0.25, -0.2) is 8.42 Å². The number of aryl methyl sites for hydroxylation is 2. The Morgan fingerprint density at radius 3 is 2.42 bits per heavy atom. The van der Waals surface area contributed by atoms with E-state index >= 15 is 0 Å². The predicted molar refractivity (Wildman–Crippen MR) is 109 cm³/mol. The molecular formula is C19H24F3N3O4S2. The number of sulfone groups is 1. The predicted octanol–water partition coefficient (Wildman–Crippen LogP) is 2.50. The Kier molecular flexibility index (Phi) is 6.55. The van der Waals surface area contributed by atoms with E-state index in [1.807, 2.05) is 4.90 Å². The molecule has 0 amide bonds. The average molecular weight is 480 g/mol. The average Bonchev–Trinajstić information content (AvgIpc) is 3.25. The number of aromatic nitrogens is 2. The van der Waals surface area contributed by atoms with Crippen molar-refractivity contribution in [3.63, 3.8) is 0 Å². The maximum Gasteiger partial charge on any atom is 0.435 e. The normalized spacial score (nSPS) is 19.2. The van der Waals surface area contributed by atoms with Crippen LogP contribution in [0, 0.1) is 6.92 Å². The van der Waals surface area contributed by atoms with Crippen LogP contribution in [-0.2, 0) is 32.5 Å². The van der Waals surface area contributed by atoms with Crippen molar-refractivity contribution in [1.29, 1.82) is 0 Å². The Morgan fingerprint density at radius 2 is 1.87 bits per heavy atom. The van der Waals surface area contributed by atoms with Crippen LogP contribution in [0.5, 0.6) is 0 Å². The van der Waals surface area contributed by atoms with E-state index in [1.54, 1.807) is 26.1 Å². The molecule has 0 saturated carbocycles. The lowest BCUT2D eigenvalue weighted by atomic mass is 10.1. The van der Waals surface area contributed by atoms with Crippen LogP contribution in [0.1, 0.15) is 29.7 Å². The van der Waals surface area contributed by atoms with E-state index in [1.165, 1.54) is 12.1 Å². The topological polar surface area (TPSA) is 89.3 Å². The number of benzene rings is 1. The summed E-state index contributed by atoms with van der Waals surface area (Å²) < 4.78 is 89.5. The summed E-state index contributed by atoms with van der Waals surface area (Å²) in [5.74, 6) is 0.161. The Balaban J connectivity index is 1.77. The third kappa shape index (κ3) is 5.47. The zero-order valence-corrected chi connectivity index (χ0v) is 18.8. The lowest BCUT2D eigenvalue weighted by Gasteiger charge is -2.22. The SMILES string of the molecule is Cc1ccc(S(=O)(=O)n2cc(CCCN(C)[C@@H]3CCS(=O)(=O)C3)c(C(F)(F)F)n2)cc1. The molecule has 2 heterocycles. The molecule has 2 aromatic rings. The first-order valence-electron chi connectivity index (χ1n) is 9.68. The zero-order chi connectivity index (χ0) is 23.0. The smallest absolute Gasteiger partial charge is 0.302 e. The summed E-state index contributed by atoms with van der Waals surface area (Å²) in [7, 11) is -5.58. The highest BCUT2D eigenvalue weighted by atomic mass is 32.2.